The maximum absolute atomic E-state index is 14.9. The van der Waals surface area contributed by atoms with E-state index >= 15 is 0 Å². The average molecular weight is 563 g/mol. The van der Waals surface area contributed by atoms with Gasteiger partial charge in [0.15, 0.2) is 11.6 Å². The van der Waals surface area contributed by atoms with E-state index in [0.29, 0.717) is 28.8 Å². The third-order valence-electron chi connectivity index (χ3n) is 8.39. The number of aliphatic hydroxyl groups is 1. The largest absolute Gasteiger partial charge is 0.508 e. The number of phenolic OH excluding ortho intramolecular Hbond substituents is 2. The SMILES string of the molecule is CCN(CC)[C@@H](CO)CN1C[C@H](C(=O)c2cccc(O)c2)C(c2cccc(F)c2C)[C@H](C(=O)c2cccc(O)c2)C1. The number of hydrogen-bond acceptors (Lipinski definition) is 7. The van der Waals surface area contributed by atoms with E-state index in [1.54, 1.807) is 43.3 Å². The molecule has 41 heavy (non-hydrogen) atoms. The number of piperidine rings is 1. The number of ketones is 2. The molecule has 3 aromatic carbocycles. The van der Waals surface area contributed by atoms with Crippen LogP contribution in [0.15, 0.2) is 66.7 Å². The normalized spacial score (nSPS) is 20.2. The van der Waals surface area contributed by atoms with Crippen LogP contribution in [0.1, 0.15) is 51.6 Å². The van der Waals surface area contributed by atoms with E-state index in [0.717, 1.165) is 13.1 Å². The van der Waals surface area contributed by atoms with Crippen molar-refractivity contribution in [1.82, 2.24) is 9.80 Å². The number of aliphatic hydroxyl groups excluding tert-OH is 1. The topological polar surface area (TPSA) is 101 Å². The van der Waals surface area contributed by atoms with Crippen LogP contribution in [0, 0.1) is 24.6 Å². The molecule has 1 fully saturated rings. The summed E-state index contributed by atoms with van der Waals surface area (Å²) in [6, 6.07) is 16.8. The molecular formula is C33H39FN2O5. The number of Topliss-reactive ketones (excluding diaryl/α,β-unsaturated/α-hetero) is 2. The lowest BCUT2D eigenvalue weighted by Gasteiger charge is -2.45. The van der Waals surface area contributed by atoms with E-state index in [4.69, 9.17) is 0 Å². The summed E-state index contributed by atoms with van der Waals surface area (Å²) < 4.78 is 14.9. The first-order valence-corrected chi connectivity index (χ1v) is 14.2. The Hall–Kier alpha value is -3.59. The van der Waals surface area contributed by atoms with E-state index < -0.39 is 23.6 Å². The van der Waals surface area contributed by atoms with E-state index in [2.05, 4.69) is 4.90 Å². The average Bonchev–Trinajstić information content (AvgIpc) is 2.97. The number of likely N-dealkylation sites (tertiary alicyclic amines) is 1. The Labute approximate surface area is 240 Å². The van der Waals surface area contributed by atoms with E-state index in [1.807, 2.05) is 18.7 Å². The van der Waals surface area contributed by atoms with Crippen LogP contribution in [-0.4, -0.2) is 82.1 Å². The Morgan fingerprint density at radius 2 is 1.41 bits per heavy atom. The second-order valence-electron chi connectivity index (χ2n) is 10.8. The standard InChI is InChI=1S/C33H39FN2O5/c1-4-36(5-2)24(20-37)17-35-18-28(32(40)22-9-6-11-25(38)15-22)31(27-13-8-14-30(34)21(27)3)29(19-35)33(41)23-10-7-12-26(39)16-23/h6-16,24,28-29,31,37-39H,4-5,17-20H2,1-3H3/t24-,28-,29+,31?/m1/s1. The van der Waals surface area contributed by atoms with Gasteiger partial charge < -0.3 is 20.2 Å². The van der Waals surface area contributed by atoms with E-state index in [1.165, 1.54) is 30.3 Å². The van der Waals surface area contributed by atoms with Gasteiger partial charge in [-0.25, -0.2) is 4.39 Å². The number of carbonyl (C=O) groups excluding carboxylic acids is 2. The molecule has 0 aromatic heterocycles. The van der Waals surface area contributed by atoms with Gasteiger partial charge in [0.2, 0.25) is 0 Å². The van der Waals surface area contributed by atoms with Gasteiger partial charge in [-0.05, 0) is 61.5 Å². The molecule has 3 N–H and O–H groups in total. The van der Waals surface area contributed by atoms with Crippen LogP contribution in [0.4, 0.5) is 4.39 Å². The molecule has 1 saturated heterocycles. The van der Waals surface area contributed by atoms with Crippen molar-refractivity contribution in [3.05, 3.63) is 94.8 Å². The number of halogens is 1. The smallest absolute Gasteiger partial charge is 0.167 e. The number of likely N-dealkylation sites (N-methyl/N-ethyl adjacent to an activating group) is 1. The van der Waals surface area contributed by atoms with Crippen LogP contribution >= 0.6 is 0 Å². The zero-order valence-corrected chi connectivity index (χ0v) is 23.8. The molecule has 7 nitrogen and oxygen atoms in total. The van der Waals surface area contributed by atoms with Gasteiger partial charge in [-0.15, -0.1) is 0 Å². The number of hydrogen-bond donors (Lipinski definition) is 3. The van der Waals surface area contributed by atoms with Crippen molar-refractivity contribution in [3.63, 3.8) is 0 Å². The molecule has 1 unspecified atom stereocenters. The summed E-state index contributed by atoms with van der Waals surface area (Å²) in [5, 5.41) is 30.5. The van der Waals surface area contributed by atoms with Crippen molar-refractivity contribution in [3.8, 4) is 11.5 Å². The highest BCUT2D eigenvalue weighted by molar-refractivity contribution is 6.02. The predicted molar refractivity (Wildman–Crippen MR) is 156 cm³/mol. The summed E-state index contributed by atoms with van der Waals surface area (Å²) in [5.74, 6) is -3.16. The first kappa shape index (κ1) is 30.4. The summed E-state index contributed by atoms with van der Waals surface area (Å²) in [7, 11) is 0. The fraction of sp³-hybridized carbons (Fsp3) is 0.394. The third kappa shape index (κ3) is 6.67. The molecule has 8 heteroatoms. The summed E-state index contributed by atoms with van der Waals surface area (Å²) >= 11 is 0. The first-order valence-electron chi connectivity index (χ1n) is 14.2. The number of nitrogens with zero attached hydrogens (tertiary/aromatic N) is 2. The van der Waals surface area contributed by atoms with Gasteiger partial charge in [-0.2, -0.15) is 0 Å². The van der Waals surface area contributed by atoms with Crippen molar-refractivity contribution in [1.29, 1.82) is 0 Å². The Kier molecular flexibility index (Phi) is 9.91. The molecule has 0 aliphatic carbocycles. The van der Waals surface area contributed by atoms with E-state index in [-0.39, 0.29) is 48.8 Å². The Morgan fingerprint density at radius 1 is 0.902 bits per heavy atom. The quantitative estimate of drug-likeness (QED) is 0.293. The van der Waals surface area contributed by atoms with Gasteiger partial charge >= 0.3 is 0 Å². The minimum Gasteiger partial charge on any atom is -0.508 e. The van der Waals surface area contributed by atoms with Crippen LogP contribution in [0.3, 0.4) is 0 Å². The molecule has 0 amide bonds. The molecule has 1 aliphatic rings. The monoisotopic (exact) mass is 562 g/mol. The molecule has 4 atom stereocenters. The lowest BCUT2D eigenvalue weighted by molar-refractivity contribution is 0.0396. The Morgan fingerprint density at radius 3 is 1.88 bits per heavy atom. The van der Waals surface area contributed by atoms with Crippen molar-refractivity contribution >= 4 is 11.6 Å². The summed E-state index contributed by atoms with van der Waals surface area (Å²) in [6.45, 7) is 8.09. The highest BCUT2D eigenvalue weighted by Gasteiger charge is 2.46. The van der Waals surface area contributed by atoms with Crippen molar-refractivity contribution in [2.45, 2.75) is 32.7 Å². The van der Waals surface area contributed by atoms with E-state index in [9.17, 15) is 29.3 Å². The highest BCUT2D eigenvalue weighted by atomic mass is 19.1. The molecule has 3 aromatic rings. The number of rotatable bonds is 11. The Bertz CT molecular complexity index is 1310. The lowest BCUT2D eigenvalue weighted by Crippen LogP contribution is -2.55. The lowest BCUT2D eigenvalue weighted by atomic mass is 9.67. The fourth-order valence-corrected chi connectivity index (χ4v) is 6.27. The molecular weight excluding hydrogens is 523 g/mol. The summed E-state index contributed by atoms with van der Waals surface area (Å²) in [5.41, 5.74) is 1.58. The van der Waals surface area contributed by atoms with Crippen LogP contribution in [0.25, 0.3) is 0 Å². The first-order chi connectivity index (χ1) is 19.7. The summed E-state index contributed by atoms with van der Waals surface area (Å²) in [6.07, 6.45) is 0. The van der Waals surface area contributed by atoms with Crippen LogP contribution < -0.4 is 0 Å². The molecule has 1 heterocycles. The van der Waals surface area contributed by atoms with Gasteiger partial charge in [0.05, 0.1) is 6.61 Å². The molecule has 0 spiro atoms. The maximum atomic E-state index is 14.9. The number of carbonyl (C=O) groups is 2. The van der Waals surface area contributed by atoms with Crippen LogP contribution in [-0.2, 0) is 0 Å². The third-order valence-corrected chi connectivity index (χ3v) is 8.39. The molecule has 1 aliphatic heterocycles. The highest BCUT2D eigenvalue weighted by Crippen LogP contribution is 2.43. The maximum Gasteiger partial charge on any atom is 0.167 e. The number of benzene rings is 3. The van der Waals surface area contributed by atoms with Crippen molar-refractivity contribution in [2.75, 3.05) is 39.3 Å². The summed E-state index contributed by atoms with van der Waals surface area (Å²) in [4.78, 5) is 32.6. The van der Waals surface area contributed by atoms with Gasteiger partial charge in [0.1, 0.15) is 17.3 Å². The van der Waals surface area contributed by atoms with Crippen LogP contribution in [0.2, 0.25) is 0 Å². The van der Waals surface area contributed by atoms with Gasteiger partial charge in [-0.1, -0.05) is 50.2 Å². The minimum absolute atomic E-state index is 0.0451. The van der Waals surface area contributed by atoms with Gasteiger partial charge in [0.25, 0.3) is 0 Å². The van der Waals surface area contributed by atoms with Gasteiger partial charge in [0, 0.05) is 54.6 Å². The molecule has 0 saturated carbocycles. The zero-order chi connectivity index (χ0) is 29.7. The van der Waals surface area contributed by atoms with Crippen LogP contribution in [0.5, 0.6) is 11.5 Å². The number of phenols is 2. The van der Waals surface area contributed by atoms with Crippen molar-refractivity contribution in [2.24, 2.45) is 11.8 Å². The molecule has 0 bridgehead atoms. The zero-order valence-electron chi connectivity index (χ0n) is 23.8. The minimum atomic E-state index is -0.742. The molecule has 0 radical (unpaired) electrons. The second-order valence-corrected chi connectivity index (χ2v) is 10.8. The fourth-order valence-electron chi connectivity index (χ4n) is 6.27. The Balaban J connectivity index is 1.86. The van der Waals surface area contributed by atoms with Gasteiger partial charge in [-0.3, -0.25) is 14.5 Å². The number of aromatic hydroxyl groups is 2. The second kappa shape index (κ2) is 13.4. The molecule has 4 rings (SSSR count). The van der Waals surface area contributed by atoms with Crippen molar-refractivity contribution < 1.29 is 29.3 Å². The predicted octanol–water partition coefficient (Wildman–Crippen LogP) is 4.65. The molecule has 218 valence electrons.